The van der Waals surface area contributed by atoms with Crippen molar-refractivity contribution in [2.75, 3.05) is 52.6 Å². The van der Waals surface area contributed by atoms with Gasteiger partial charge < -0.3 is 24.2 Å². The van der Waals surface area contributed by atoms with Crippen molar-refractivity contribution in [2.45, 2.75) is 39.7 Å². The molecule has 2 heterocycles. The van der Waals surface area contributed by atoms with E-state index in [1.54, 1.807) is 17.0 Å². The van der Waals surface area contributed by atoms with Crippen LogP contribution in [0, 0.1) is 6.92 Å². The number of ether oxygens (including phenoxy) is 3. The molecule has 2 aromatic carbocycles. The van der Waals surface area contributed by atoms with Gasteiger partial charge >= 0.3 is 0 Å². The highest BCUT2D eigenvalue weighted by molar-refractivity contribution is 6.46. The summed E-state index contributed by atoms with van der Waals surface area (Å²) in [6.07, 6.45) is 1.78. The molecule has 0 radical (unpaired) electrons. The minimum atomic E-state index is -0.702. The number of likely N-dealkylation sites (tertiary alicyclic amines) is 1. The summed E-state index contributed by atoms with van der Waals surface area (Å²) in [6, 6.07) is 12.1. The van der Waals surface area contributed by atoms with Crippen molar-refractivity contribution >= 4 is 17.4 Å². The lowest BCUT2D eigenvalue weighted by Crippen LogP contribution is -2.42. The lowest BCUT2D eigenvalue weighted by Gasteiger charge is -2.31. The number of carbonyl (C=O) groups is 2. The Morgan fingerprint density at radius 1 is 0.947 bits per heavy atom. The molecule has 38 heavy (non-hydrogen) atoms. The molecule has 8 heteroatoms. The number of Topliss-reactive ketones (excluding diaryl/α,β-unsaturated/α-hetero) is 1. The van der Waals surface area contributed by atoms with E-state index in [1.807, 2.05) is 51.1 Å². The molecule has 0 bridgehead atoms. The van der Waals surface area contributed by atoms with Crippen LogP contribution in [0.2, 0.25) is 0 Å². The maximum absolute atomic E-state index is 13.4. The zero-order valence-corrected chi connectivity index (χ0v) is 22.6. The Balaban J connectivity index is 1.70. The van der Waals surface area contributed by atoms with Crippen molar-refractivity contribution in [1.29, 1.82) is 0 Å². The first kappa shape index (κ1) is 27.7. The zero-order chi connectivity index (χ0) is 27.1. The lowest BCUT2D eigenvalue weighted by molar-refractivity contribution is -0.140. The number of morpholine rings is 1. The average molecular weight is 523 g/mol. The fourth-order valence-electron chi connectivity index (χ4n) is 4.85. The van der Waals surface area contributed by atoms with Crippen LogP contribution in [0.3, 0.4) is 0 Å². The largest absolute Gasteiger partial charge is 0.507 e. The summed E-state index contributed by atoms with van der Waals surface area (Å²) in [5.41, 5.74) is 2.12. The summed E-state index contributed by atoms with van der Waals surface area (Å²) in [7, 11) is 0. The van der Waals surface area contributed by atoms with Crippen LogP contribution in [0.1, 0.15) is 49.4 Å². The van der Waals surface area contributed by atoms with Gasteiger partial charge in [0.25, 0.3) is 11.7 Å². The van der Waals surface area contributed by atoms with Gasteiger partial charge in [0, 0.05) is 31.7 Å². The Bertz CT molecular complexity index is 1150. The molecule has 1 amide bonds. The Morgan fingerprint density at radius 2 is 1.58 bits per heavy atom. The third-order valence-corrected chi connectivity index (χ3v) is 6.90. The third kappa shape index (κ3) is 6.19. The monoisotopic (exact) mass is 522 g/mol. The Hall–Kier alpha value is -3.36. The first-order valence-corrected chi connectivity index (χ1v) is 13.5. The summed E-state index contributed by atoms with van der Waals surface area (Å²) in [5.74, 6) is -0.0262. The van der Waals surface area contributed by atoms with E-state index in [4.69, 9.17) is 14.2 Å². The van der Waals surface area contributed by atoms with Gasteiger partial charge in [0.1, 0.15) is 17.3 Å². The van der Waals surface area contributed by atoms with Gasteiger partial charge in [-0.3, -0.25) is 14.5 Å². The maximum Gasteiger partial charge on any atom is 0.295 e. The number of rotatable bonds is 11. The molecule has 1 N–H and O–H groups in total. The van der Waals surface area contributed by atoms with Crippen molar-refractivity contribution in [3.8, 4) is 11.5 Å². The van der Waals surface area contributed by atoms with Crippen LogP contribution in [0.4, 0.5) is 0 Å². The van der Waals surface area contributed by atoms with Crippen molar-refractivity contribution in [2.24, 2.45) is 0 Å². The van der Waals surface area contributed by atoms with Gasteiger partial charge in [-0.2, -0.15) is 0 Å². The average Bonchev–Trinajstić information content (AvgIpc) is 3.19. The number of carbonyl (C=O) groups excluding carboxylic acids is 2. The fourth-order valence-corrected chi connectivity index (χ4v) is 4.85. The minimum Gasteiger partial charge on any atom is -0.507 e. The summed E-state index contributed by atoms with van der Waals surface area (Å²) in [4.78, 5) is 30.5. The minimum absolute atomic E-state index is 0.101. The van der Waals surface area contributed by atoms with Crippen molar-refractivity contribution in [3.05, 3.63) is 64.7 Å². The number of hydrogen-bond acceptors (Lipinski definition) is 7. The van der Waals surface area contributed by atoms with Crippen molar-refractivity contribution < 1.29 is 28.9 Å². The second-order valence-corrected chi connectivity index (χ2v) is 9.69. The number of benzene rings is 2. The van der Waals surface area contributed by atoms with Gasteiger partial charge in [-0.15, -0.1) is 0 Å². The number of aliphatic hydroxyl groups is 1. The number of amides is 1. The normalized spacial score (nSPS) is 19.7. The molecule has 2 aromatic rings. The maximum atomic E-state index is 13.4. The summed E-state index contributed by atoms with van der Waals surface area (Å²) in [5, 5.41) is 11.5. The molecule has 1 unspecified atom stereocenters. The molecule has 0 aliphatic carbocycles. The molecular weight excluding hydrogens is 484 g/mol. The van der Waals surface area contributed by atoms with E-state index in [1.165, 1.54) is 0 Å². The van der Waals surface area contributed by atoms with Crippen molar-refractivity contribution in [1.82, 2.24) is 9.80 Å². The molecule has 2 aliphatic heterocycles. The summed E-state index contributed by atoms with van der Waals surface area (Å²) < 4.78 is 16.9. The molecule has 8 nitrogen and oxygen atoms in total. The standard InChI is InChI=1S/C30H38N2O6/c1-4-16-37-23-8-6-22(7-9-23)27-26(28(33)25-11-10-24(20-21(25)3)38-17-5-2)29(34)30(35)32(27)13-12-31-14-18-36-19-15-31/h6-11,20,27,33H,4-5,12-19H2,1-3H3/b28-26+. The molecule has 204 valence electrons. The molecule has 0 saturated carbocycles. The van der Waals surface area contributed by atoms with Gasteiger partial charge in [-0.25, -0.2) is 0 Å². The van der Waals surface area contributed by atoms with Crippen molar-refractivity contribution in [3.63, 3.8) is 0 Å². The lowest BCUT2D eigenvalue weighted by atomic mass is 9.94. The summed E-state index contributed by atoms with van der Waals surface area (Å²) in [6.45, 7) is 11.0. The Kier molecular flexibility index (Phi) is 9.42. The van der Waals surface area contributed by atoms with E-state index in [-0.39, 0.29) is 11.3 Å². The Morgan fingerprint density at radius 3 is 2.21 bits per heavy atom. The topological polar surface area (TPSA) is 88.5 Å². The van der Waals surface area contributed by atoms with Crippen LogP contribution in [-0.4, -0.2) is 79.2 Å². The van der Waals surface area contributed by atoms with E-state index in [0.717, 1.165) is 42.8 Å². The highest BCUT2D eigenvalue weighted by Gasteiger charge is 2.46. The van der Waals surface area contributed by atoms with Gasteiger partial charge in [-0.1, -0.05) is 26.0 Å². The van der Waals surface area contributed by atoms with Gasteiger partial charge in [0.15, 0.2) is 0 Å². The predicted octanol–water partition coefficient (Wildman–Crippen LogP) is 4.33. The summed E-state index contributed by atoms with van der Waals surface area (Å²) >= 11 is 0. The molecule has 1 atom stereocenters. The first-order valence-electron chi connectivity index (χ1n) is 13.5. The zero-order valence-electron chi connectivity index (χ0n) is 22.6. The van der Waals surface area contributed by atoms with Crippen LogP contribution < -0.4 is 9.47 Å². The second kappa shape index (κ2) is 12.9. The van der Waals surface area contributed by atoms with Crippen LogP contribution in [0.25, 0.3) is 5.76 Å². The van der Waals surface area contributed by atoms with Gasteiger partial charge in [-0.05, 0) is 61.2 Å². The molecule has 2 fully saturated rings. The fraction of sp³-hybridized carbons (Fsp3) is 0.467. The highest BCUT2D eigenvalue weighted by Crippen LogP contribution is 2.40. The van der Waals surface area contributed by atoms with Gasteiger partial charge in [0.05, 0.1) is 38.0 Å². The number of ketones is 1. The SMILES string of the molecule is CCCOc1ccc(C2/C(=C(\O)c3ccc(OCCC)cc3C)C(=O)C(=O)N2CCN2CCOCC2)cc1. The molecule has 2 saturated heterocycles. The molecular formula is C30H38N2O6. The first-order chi connectivity index (χ1) is 18.4. The quantitative estimate of drug-likeness (QED) is 0.267. The van der Waals surface area contributed by atoms with Crippen LogP contribution >= 0.6 is 0 Å². The molecule has 2 aliphatic rings. The van der Waals surface area contributed by atoms with Crippen LogP contribution in [-0.2, 0) is 14.3 Å². The number of aliphatic hydroxyl groups excluding tert-OH is 1. The van der Waals surface area contributed by atoms with Crippen LogP contribution in [0.15, 0.2) is 48.0 Å². The van der Waals surface area contributed by atoms with E-state index in [2.05, 4.69) is 4.90 Å². The Labute approximate surface area is 224 Å². The number of aryl methyl sites for hydroxylation is 1. The van der Waals surface area contributed by atoms with E-state index in [9.17, 15) is 14.7 Å². The predicted molar refractivity (Wildman–Crippen MR) is 145 cm³/mol. The third-order valence-electron chi connectivity index (χ3n) is 6.90. The highest BCUT2D eigenvalue weighted by atomic mass is 16.5. The number of hydrogen-bond donors (Lipinski definition) is 1. The van der Waals surface area contributed by atoms with Gasteiger partial charge in [0.2, 0.25) is 0 Å². The number of nitrogens with zero attached hydrogens (tertiary/aromatic N) is 2. The van der Waals surface area contributed by atoms with Crippen LogP contribution in [0.5, 0.6) is 11.5 Å². The van der Waals surface area contributed by atoms with E-state index in [0.29, 0.717) is 50.8 Å². The van der Waals surface area contributed by atoms with E-state index < -0.39 is 17.7 Å². The molecule has 0 aromatic heterocycles. The van der Waals surface area contributed by atoms with E-state index >= 15 is 0 Å². The second-order valence-electron chi connectivity index (χ2n) is 9.69. The molecule has 4 rings (SSSR count). The smallest absolute Gasteiger partial charge is 0.295 e. The molecule has 0 spiro atoms.